The summed E-state index contributed by atoms with van der Waals surface area (Å²) in [5.41, 5.74) is 4.42. The zero-order valence-corrected chi connectivity index (χ0v) is 16.4. The molecule has 0 saturated carbocycles. The van der Waals surface area contributed by atoms with E-state index in [-0.39, 0.29) is 18.0 Å². The van der Waals surface area contributed by atoms with Crippen LogP contribution in [0.3, 0.4) is 0 Å². The summed E-state index contributed by atoms with van der Waals surface area (Å²) in [6, 6.07) is 22.1. The summed E-state index contributed by atoms with van der Waals surface area (Å²) >= 11 is 0. The highest BCUT2D eigenvalue weighted by Crippen LogP contribution is 2.18. The van der Waals surface area contributed by atoms with Gasteiger partial charge in [0, 0.05) is 11.1 Å². The van der Waals surface area contributed by atoms with Gasteiger partial charge in [-0.1, -0.05) is 86.1 Å². The van der Waals surface area contributed by atoms with Gasteiger partial charge in [0.05, 0.1) is 5.56 Å². The van der Waals surface area contributed by atoms with Crippen LogP contribution in [0.5, 0.6) is 0 Å². The van der Waals surface area contributed by atoms with Crippen molar-refractivity contribution in [3.63, 3.8) is 0 Å². The lowest BCUT2D eigenvalue weighted by molar-refractivity contribution is 0.0470. The molecule has 0 fully saturated rings. The molecule has 3 rings (SSSR count). The Hall–Kier alpha value is -3.20. The topological polar surface area (TPSA) is 43.4 Å². The van der Waals surface area contributed by atoms with Gasteiger partial charge in [-0.15, -0.1) is 0 Å². The van der Waals surface area contributed by atoms with E-state index in [0.29, 0.717) is 17.0 Å². The zero-order chi connectivity index (χ0) is 20.1. The van der Waals surface area contributed by atoms with Gasteiger partial charge in [0.25, 0.3) is 0 Å². The first-order valence-electron chi connectivity index (χ1n) is 9.42. The molecule has 0 amide bonds. The number of ketones is 1. The van der Waals surface area contributed by atoms with Gasteiger partial charge in [-0.3, -0.25) is 4.79 Å². The number of hydrogen-bond donors (Lipinski definition) is 0. The van der Waals surface area contributed by atoms with Crippen molar-refractivity contribution in [3.05, 3.63) is 106 Å². The highest BCUT2D eigenvalue weighted by molar-refractivity contribution is 6.14. The molecule has 0 spiro atoms. The Labute approximate surface area is 166 Å². The molecule has 0 N–H and O–H groups in total. The SMILES string of the molecule is Cc1ccc(C(=O)c2ccccc2C(=O)OCc2ccc(C(C)C)cc2)cc1. The third kappa shape index (κ3) is 4.55. The second kappa shape index (κ2) is 8.66. The van der Waals surface area contributed by atoms with Gasteiger partial charge in [0.2, 0.25) is 0 Å². The molecule has 0 bridgehead atoms. The lowest BCUT2D eigenvalue weighted by Gasteiger charge is -2.10. The molecule has 0 saturated heterocycles. The molecule has 0 aliphatic carbocycles. The number of esters is 1. The third-order valence-corrected chi connectivity index (χ3v) is 4.72. The number of ether oxygens (including phenoxy) is 1. The molecule has 0 aliphatic rings. The Morgan fingerprint density at radius 3 is 2.04 bits per heavy atom. The molecule has 28 heavy (non-hydrogen) atoms. The highest BCUT2D eigenvalue weighted by Gasteiger charge is 2.19. The molecular formula is C25H24O3. The van der Waals surface area contributed by atoms with Gasteiger partial charge in [0.15, 0.2) is 5.78 Å². The maximum Gasteiger partial charge on any atom is 0.339 e. The quantitative estimate of drug-likeness (QED) is 0.411. The Bertz CT molecular complexity index is 967. The summed E-state index contributed by atoms with van der Waals surface area (Å²) in [6.45, 7) is 6.41. The third-order valence-electron chi connectivity index (χ3n) is 4.72. The van der Waals surface area contributed by atoms with Gasteiger partial charge >= 0.3 is 5.97 Å². The van der Waals surface area contributed by atoms with Crippen LogP contribution < -0.4 is 0 Å². The lowest BCUT2D eigenvalue weighted by atomic mass is 9.98. The van der Waals surface area contributed by atoms with Crippen molar-refractivity contribution in [2.45, 2.75) is 33.3 Å². The summed E-state index contributed by atoms with van der Waals surface area (Å²) in [7, 11) is 0. The van der Waals surface area contributed by atoms with E-state index in [1.165, 1.54) is 5.56 Å². The van der Waals surface area contributed by atoms with Gasteiger partial charge in [0.1, 0.15) is 6.61 Å². The second-order valence-electron chi connectivity index (χ2n) is 7.21. The summed E-state index contributed by atoms with van der Waals surface area (Å²) < 4.78 is 5.47. The molecular weight excluding hydrogens is 348 g/mol. The maximum absolute atomic E-state index is 12.9. The van der Waals surface area contributed by atoms with Crippen molar-refractivity contribution in [2.75, 3.05) is 0 Å². The number of hydrogen-bond acceptors (Lipinski definition) is 3. The van der Waals surface area contributed by atoms with Crippen LogP contribution in [0.2, 0.25) is 0 Å². The van der Waals surface area contributed by atoms with Crippen molar-refractivity contribution in [1.29, 1.82) is 0 Å². The monoisotopic (exact) mass is 372 g/mol. The molecule has 3 nitrogen and oxygen atoms in total. The summed E-state index contributed by atoms with van der Waals surface area (Å²) in [5, 5.41) is 0. The zero-order valence-electron chi connectivity index (χ0n) is 16.4. The molecule has 142 valence electrons. The van der Waals surface area contributed by atoms with Crippen molar-refractivity contribution in [1.82, 2.24) is 0 Å². The summed E-state index contributed by atoms with van der Waals surface area (Å²) in [5.74, 6) is -0.228. The van der Waals surface area contributed by atoms with Crippen molar-refractivity contribution in [2.24, 2.45) is 0 Å². The molecule has 3 aromatic carbocycles. The van der Waals surface area contributed by atoms with E-state index in [0.717, 1.165) is 11.1 Å². The van der Waals surface area contributed by atoms with Gasteiger partial charge < -0.3 is 4.74 Å². The minimum atomic E-state index is -0.496. The van der Waals surface area contributed by atoms with Crippen LogP contribution >= 0.6 is 0 Å². The Morgan fingerprint density at radius 2 is 1.43 bits per heavy atom. The standard InChI is InChI=1S/C25H24O3/c1-17(2)20-14-10-19(11-15-20)16-28-25(27)23-7-5-4-6-22(23)24(26)21-12-8-18(3)9-13-21/h4-15,17H,16H2,1-3H3. The minimum Gasteiger partial charge on any atom is -0.457 e. The largest absolute Gasteiger partial charge is 0.457 e. The first-order chi connectivity index (χ1) is 13.5. The normalized spacial score (nSPS) is 10.7. The molecule has 0 aliphatic heterocycles. The first kappa shape index (κ1) is 19.6. The van der Waals surface area contributed by atoms with E-state index < -0.39 is 5.97 Å². The summed E-state index contributed by atoms with van der Waals surface area (Å²) in [6.07, 6.45) is 0. The number of carbonyl (C=O) groups excluding carboxylic acids is 2. The molecule has 0 radical (unpaired) electrons. The molecule has 0 unspecified atom stereocenters. The number of rotatable bonds is 6. The fourth-order valence-corrected chi connectivity index (χ4v) is 2.94. The Balaban J connectivity index is 1.75. The van der Waals surface area contributed by atoms with Crippen LogP contribution in [0.25, 0.3) is 0 Å². The maximum atomic E-state index is 12.9. The van der Waals surface area contributed by atoms with Gasteiger partial charge in [-0.2, -0.15) is 0 Å². The Kier molecular flexibility index (Phi) is 6.05. The van der Waals surface area contributed by atoms with Crippen LogP contribution in [0, 0.1) is 6.92 Å². The first-order valence-corrected chi connectivity index (χ1v) is 9.42. The Morgan fingerprint density at radius 1 is 0.821 bits per heavy atom. The lowest BCUT2D eigenvalue weighted by Crippen LogP contribution is -2.12. The van der Waals surface area contributed by atoms with Crippen molar-refractivity contribution >= 4 is 11.8 Å². The fourth-order valence-electron chi connectivity index (χ4n) is 2.94. The average Bonchev–Trinajstić information content (AvgIpc) is 2.72. The minimum absolute atomic E-state index is 0.171. The molecule has 3 aromatic rings. The summed E-state index contributed by atoms with van der Waals surface area (Å²) in [4.78, 5) is 25.5. The van der Waals surface area contributed by atoms with Crippen LogP contribution in [0.1, 0.15) is 62.7 Å². The van der Waals surface area contributed by atoms with E-state index >= 15 is 0 Å². The smallest absolute Gasteiger partial charge is 0.339 e. The van der Waals surface area contributed by atoms with E-state index in [1.807, 2.05) is 43.3 Å². The van der Waals surface area contributed by atoms with Gasteiger partial charge in [-0.25, -0.2) is 4.79 Å². The fraction of sp³-hybridized carbons (Fsp3) is 0.200. The van der Waals surface area contributed by atoms with E-state index in [1.54, 1.807) is 36.4 Å². The van der Waals surface area contributed by atoms with Crippen LogP contribution in [0.4, 0.5) is 0 Å². The van der Waals surface area contributed by atoms with E-state index in [2.05, 4.69) is 13.8 Å². The number of benzene rings is 3. The van der Waals surface area contributed by atoms with Crippen molar-refractivity contribution < 1.29 is 14.3 Å². The predicted octanol–water partition coefficient (Wildman–Crippen LogP) is 5.71. The number of carbonyl (C=O) groups is 2. The molecule has 0 heterocycles. The second-order valence-corrected chi connectivity index (χ2v) is 7.21. The van der Waals surface area contributed by atoms with Gasteiger partial charge in [-0.05, 0) is 30.0 Å². The van der Waals surface area contributed by atoms with Crippen LogP contribution in [-0.4, -0.2) is 11.8 Å². The van der Waals surface area contributed by atoms with E-state index in [4.69, 9.17) is 4.74 Å². The van der Waals surface area contributed by atoms with Crippen LogP contribution in [0.15, 0.2) is 72.8 Å². The van der Waals surface area contributed by atoms with Crippen molar-refractivity contribution in [3.8, 4) is 0 Å². The van der Waals surface area contributed by atoms with E-state index in [9.17, 15) is 9.59 Å². The molecule has 0 atom stereocenters. The molecule has 3 heteroatoms. The predicted molar refractivity (Wildman–Crippen MR) is 111 cm³/mol. The van der Waals surface area contributed by atoms with Crippen LogP contribution in [-0.2, 0) is 11.3 Å². The molecule has 0 aromatic heterocycles. The average molecular weight is 372 g/mol. The number of aryl methyl sites for hydroxylation is 1. The highest BCUT2D eigenvalue weighted by atomic mass is 16.5.